The van der Waals surface area contributed by atoms with E-state index in [0.29, 0.717) is 25.9 Å². The second-order valence-electron chi connectivity index (χ2n) is 18.5. The minimum atomic E-state index is -1.59. The van der Waals surface area contributed by atoms with Crippen molar-refractivity contribution in [2.45, 2.75) is 256 Å². The summed E-state index contributed by atoms with van der Waals surface area (Å²) < 4.78 is 16.6. The van der Waals surface area contributed by atoms with E-state index in [4.69, 9.17) is 14.2 Å². The number of unbranched alkanes of at least 4 members (excludes halogenated alkanes) is 21. The summed E-state index contributed by atoms with van der Waals surface area (Å²) in [5.74, 6) is -0.262. The highest BCUT2D eigenvalue weighted by molar-refractivity contribution is 5.76. The number of carbonyl (C=O) groups excluding carboxylic acids is 2. The number of aliphatic hydroxyl groups excluding tert-OH is 5. The molecule has 0 aromatic heterocycles. The predicted molar refractivity (Wildman–Crippen MR) is 278 cm³/mol. The summed E-state index contributed by atoms with van der Waals surface area (Å²) in [6, 6.07) is -0.848. The SMILES string of the molecule is CCC/C=C/CC/C=C/CC/C=C/C(O)C(COC1OC(CO)C(O)C(O)C1O)NC(=O)CCCCCCCCC/C=C\C/C=C\CCCCCOC(=O)CCCCCCC/C=C\CCCCC. The second-order valence-corrected chi connectivity index (χ2v) is 18.5. The van der Waals surface area contributed by atoms with Crippen LogP contribution in [0.5, 0.6) is 0 Å². The van der Waals surface area contributed by atoms with Crippen LogP contribution in [0.1, 0.15) is 213 Å². The van der Waals surface area contributed by atoms with Gasteiger partial charge >= 0.3 is 5.97 Å². The Balaban J connectivity index is 2.16. The maximum absolute atomic E-state index is 13.0. The van der Waals surface area contributed by atoms with Crippen molar-refractivity contribution in [2.75, 3.05) is 19.8 Å². The third-order valence-electron chi connectivity index (χ3n) is 12.2. The number of rotatable bonds is 45. The van der Waals surface area contributed by atoms with Gasteiger partial charge in [0.2, 0.25) is 5.91 Å². The van der Waals surface area contributed by atoms with E-state index >= 15 is 0 Å². The van der Waals surface area contributed by atoms with E-state index in [1.165, 1.54) is 70.6 Å². The molecule has 1 fully saturated rings. The lowest BCUT2D eigenvalue weighted by molar-refractivity contribution is -0.302. The highest BCUT2D eigenvalue weighted by Crippen LogP contribution is 2.22. The van der Waals surface area contributed by atoms with E-state index in [9.17, 15) is 35.1 Å². The first kappa shape index (κ1) is 63.1. The van der Waals surface area contributed by atoms with Crippen LogP contribution in [0.25, 0.3) is 0 Å². The number of ether oxygens (including phenoxy) is 3. The molecule has 0 bridgehead atoms. The van der Waals surface area contributed by atoms with E-state index in [-0.39, 0.29) is 18.5 Å². The van der Waals surface area contributed by atoms with Crippen LogP contribution in [0.15, 0.2) is 72.9 Å². The van der Waals surface area contributed by atoms with Crippen LogP contribution in [0.4, 0.5) is 0 Å². The molecule has 1 aliphatic heterocycles. The average Bonchev–Trinajstić information content (AvgIpc) is 3.33. The maximum atomic E-state index is 13.0. The maximum Gasteiger partial charge on any atom is 0.305 e. The van der Waals surface area contributed by atoms with Gasteiger partial charge in [0.05, 0.1) is 32.0 Å². The van der Waals surface area contributed by atoms with Gasteiger partial charge in [-0.05, 0) is 116 Å². The zero-order chi connectivity index (χ0) is 49.6. The summed E-state index contributed by atoms with van der Waals surface area (Å²) in [7, 11) is 0. The Kier molecular flexibility index (Phi) is 43.1. The van der Waals surface area contributed by atoms with Crippen molar-refractivity contribution in [1.29, 1.82) is 0 Å². The first-order valence-corrected chi connectivity index (χ1v) is 27.2. The van der Waals surface area contributed by atoms with Crippen LogP contribution < -0.4 is 5.32 Å². The molecule has 0 aromatic rings. The fraction of sp³-hybridized carbons (Fsp3) is 0.754. The van der Waals surface area contributed by atoms with Crippen LogP contribution >= 0.6 is 0 Å². The Morgan fingerprint density at radius 1 is 0.544 bits per heavy atom. The van der Waals surface area contributed by atoms with Crippen LogP contribution in [0, 0.1) is 0 Å². The smallest absolute Gasteiger partial charge is 0.305 e. The molecule has 1 amide bonds. The lowest BCUT2D eigenvalue weighted by atomic mass is 9.99. The zero-order valence-electron chi connectivity index (χ0n) is 42.8. The Labute approximate surface area is 413 Å². The minimum absolute atomic E-state index is 0.0451. The normalized spacial score (nSPS) is 20.0. The van der Waals surface area contributed by atoms with Gasteiger partial charge < -0.3 is 45.1 Å². The van der Waals surface area contributed by atoms with Gasteiger partial charge in [0.25, 0.3) is 0 Å². The molecule has 1 rings (SSSR count). The minimum Gasteiger partial charge on any atom is -0.466 e. The molecule has 0 spiro atoms. The monoisotopic (exact) mass is 958 g/mol. The number of allylic oxidation sites excluding steroid dienone is 11. The van der Waals surface area contributed by atoms with E-state index in [2.05, 4.69) is 79.9 Å². The fourth-order valence-electron chi connectivity index (χ4n) is 7.85. The number of nitrogens with one attached hydrogen (secondary N) is 1. The molecule has 0 saturated carbocycles. The highest BCUT2D eigenvalue weighted by atomic mass is 16.7. The lowest BCUT2D eigenvalue weighted by Gasteiger charge is -2.40. The van der Waals surface area contributed by atoms with Crippen molar-refractivity contribution in [2.24, 2.45) is 0 Å². The van der Waals surface area contributed by atoms with Gasteiger partial charge in [-0.2, -0.15) is 0 Å². The van der Waals surface area contributed by atoms with Crippen LogP contribution in [-0.4, -0.2) is 100 Å². The first-order valence-electron chi connectivity index (χ1n) is 27.2. The quantitative estimate of drug-likeness (QED) is 0.0196. The molecule has 11 heteroatoms. The highest BCUT2D eigenvalue weighted by Gasteiger charge is 2.44. The number of carbonyl (C=O) groups is 2. The summed E-state index contributed by atoms with van der Waals surface area (Å²) in [6.07, 6.45) is 49.9. The standard InChI is InChI=1S/C57H99NO10/c1-3-5-7-9-11-13-15-25-29-33-37-41-45-53(62)66-46-42-38-34-30-26-22-20-18-16-17-19-21-24-28-32-36-40-44-52(61)58-49(48-67-57-56(65)55(64)54(63)51(47-59)68-57)50(60)43-39-35-31-27-23-14-12-10-8-6-4-2/h8,10-11,13,16,18,22-23,26-27,39,43,49-51,54-57,59-60,63-65H,3-7,9,12,14-15,17,19-21,24-25,28-38,40-42,44-48H2,1-2H3,(H,58,61)/b10-8+,13-11-,18-16-,26-22-,27-23+,43-39+. The number of aliphatic hydroxyl groups is 5. The summed E-state index contributed by atoms with van der Waals surface area (Å²) in [4.78, 5) is 25.0. The topological polar surface area (TPSA) is 175 Å². The Hall–Kier alpha value is -2.90. The molecule has 68 heavy (non-hydrogen) atoms. The van der Waals surface area contributed by atoms with Gasteiger partial charge in [0.15, 0.2) is 6.29 Å². The molecule has 0 aromatic carbocycles. The van der Waals surface area contributed by atoms with E-state index in [1.54, 1.807) is 6.08 Å². The Morgan fingerprint density at radius 3 is 1.60 bits per heavy atom. The fourth-order valence-corrected chi connectivity index (χ4v) is 7.85. The second kappa shape index (κ2) is 46.5. The molecule has 7 atom stereocenters. The summed E-state index contributed by atoms with van der Waals surface area (Å²) in [5.41, 5.74) is 0. The van der Waals surface area contributed by atoms with Gasteiger partial charge in [0, 0.05) is 12.8 Å². The predicted octanol–water partition coefficient (Wildman–Crippen LogP) is 11.7. The summed E-state index contributed by atoms with van der Waals surface area (Å²) in [6.45, 7) is 4.14. The molecule has 1 heterocycles. The first-order chi connectivity index (χ1) is 33.2. The molecule has 6 N–H and O–H groups in total. The average molecular weight is 958 g/mol. The van der Waals surface area contributed by atoms with Gasteiger partial charge in [-0.15, -0.1) is 0 Å². The van der Waals surface area contributed by atoms with E-state index in [0.717, 1.165) is 109 Å². The molecule has 7 unspecified atom stereocenters. The van der Waals surface area contributed by atoms with Crippen molar-refractivity contribution in [3.05, 3.63) is 72.9 Å². The van der Waals surface area contributed by atoms with Crippen molar-refractivity contribution >= 4 is 11.9 Å². The molecule has 392 valence electrons. The van der Waals surface area contributed by atoms with Crippen molar-refractivity contribution in [3.63, 3.8) is 0 Å². The van der Waals surface area contributed by atoms with Crippen LogP contribution in [-0.2, 0) is 23.8 Å². The Bertz CT molecular complexity index is 1360. The van der Waals surface area contributed by atoms with Gasteiger partial charge in [-0.1, -0.05) is 157 Å². The summed E-state index contributed by atoms with van der Waals surface area (Å²) >= 11 is 0. The summed E-state index contributed by atoms with van der Waals surface area (Å²) in [5, 5.41) is 54.2. The molecule has 1 aliphatic rings. The third kappa shape index (κ3) is 36.1. The number of hydrogen-bond acceptors (Lipinski definition) is 10. The third-order valence-corrected chi connectivity index (χ3v) is 12.2. The molecular weight excluding hydrogens is 859 g/mol. The molecule has 11 nitrogen and oxygen atoms in total. The zero-order valence-corrected chi connectivity index (χ0v) is 42.8. The molecule has 0 aliphatic carbocycles. The van der Waals surface area contributed by atoms with Crippen LogP contribution in [0.2, 0.25) is 0 Å². The van der Waals surface area contributed by atoms with Crippen molar-refractivity contribution < 1.29 is 49.3 Å². The van der Waals surface area contributed by atoms with Crippen LogP contribution in [0.3, 0.4) is 0 Å². The number of esters is 1. The molecular formula is C57H99NO10. The van der Waals surface area contributed by atoms with Gasteiger partial charge in [-0.3, -0.25) is 9.59 Å². The molecule has 0 radical (unpaired) electrons. The number of amides is 1. The van der Waals surface area contributed by atoms with Gasteiger partial charge in [0.1, 0.15) is 24.4 Å². The lowest BCUT2D eigenvalue weighted by Crippen LogP contribution is -2.60. The largest absolute Gasteiger partial charge is 0.466 e. The van der Waals surface area contributed by atoms with Gasteiger partial charge in [-0.25, -0.2) is 0 Å². The van der Waals surface area contributed by atoms with E-state index in [1.807, 2.05) is 6.08 Å². The van der Waals surface area contributed by atoms with Crippen molar-refractivity contribution in [1.82, 2.24) is 5.32 Å². The Morgan fingerprint density at radius 2 is 1.03 bits per heavy atom. The molecule has 1 saturated heterocycles. The van der Waals surface area contributed by atoms with Crippen molar-refractivity contribution in [3.8, 4) is 0 Å². The number of hydrogen-bond donors (Lipinski definition) is 6. The van der Waals surface area contributed by atoms with E-state index < -0.39 is 49.5 Å².